The van der Waals surface area contributed by atoms with Gasteiger partial charge in [0.15, 0.2) is 5.82 Å². The van der Waals surface area contributed by atoms with Crippen LogP contribution in [-0.4, -0.2) is 58.1 Å². The number of ether oxygens (including phenoxy) is 2. The van der Waals surface area contributed by atoms with E-state index in [1.165, 1.54) is 5.56 Å². The van der Waals surface area contributed by atoms with Crippen molar-refractivity contribution in [2.45, 2.75) is 6.92 Å². The van der Waals surface area contributed by atoms with Crippen molar-refractivity contribution < 1.29 is 9.47 Å². The van der Waals surface area contributed by atoms with E-state index in [1.807, 2.05) is 24.4 Å². The largest absolute Gasteiger partial charge is 0.495 e. The molecular weight excluding hydrogens is 380 g/mol. The lowest BCUT2D eigenvalue weighted by Gasteiger charge is -2.28. The first-order valence-electron chi connectivity index (χ1n) is 9.89. The van der Waals surface area contributed by atoms with Gasteiger partial charge in [-0.1, -0.05) is 23.8 Å². The number of anilines is 1. The van der Waals surface area contributed by atoms with Crippen LogP contribution in [0.4, 0.5) is 5.82 Å². The average molecular weight is 402 g/mol. The van der Waals surface area contributed by atoms with E-state index in [1.54, 1.807) is 18.0 Å². The van der Waals surface area contributed by atoms with Crippen LogP contribution in [0.5, 0.6) is 5.75 Å². The van der Waals surface area contributed by atoms with Crippen LogP contribution in [0.1, 0.15) is 5.56 Å². The molecule has 0 bridgehead atoms. The Morgan fingerprint density at radius 3 is 2.73 bits per heavy atom. The highest BCUT2D eigenvalue weighted by Gasteiger charge is 2.20. The van der Waals surface area contributed by atoms with Gasteiger partial charge in [0.2, 0.25) is 0 Å². The summed E-state index contributed by atoms with van der Waals surface area (Å²) in [5.41, 5.74) is 4.59. The van der Waals surface area contributed by atoms with Gasteiger partial charge in [-0.05, 0) is 19.1 Å². The Hall–Kier alpha value is -3.52. The van der Waals surface area contributed by atoms with E-state index in [0.29, 0.717) is 30.4 Å². The van der Waals surface area contributed by atoms with Crippen molar-refractivity contribution in [2.24, 2.45) is 0 Å². The van der Waals surface area contributed by atoms with Crippen LogP contribution in [-0.2, 0) is 4.74 Å². The molecule has 0 radical (unpaired) electrons. The lowest BCUT2D eigenvalue weighted by atomic mass is 10.1. The highest BCUT2D eigenvalue weighted by molar-refractivity contribution is 5.87. The fraction of sp³-hybridized carbons (Fsp3) is 0.273. The average Bonchev–Trinajstić information content (AvgIpc) is 3.29. The number of aromatic nitrogens is 5. The number of aryl methyl sites for hydroxylation is 1. The molecule has 0 saturated carbocycles. The number of rotatable bonds is 4. The van der Waals surface area contributed by atoms with Crippen molar-refractivity contribution in [3.8, 4) is 23.0 Å². The summed E-state index contributed by atoms with van der Waals surface area (Å²) < 4.78 is 12.6. The van der Waals surface area contributed by atoms with E-state index in [0.717, 1.165) is 35.7 Å². The summed E-state index contributed by atoms with van der Waals surface area (Å²) in [7, 11) is 1.62. The Labute approximate surface area is 174 Å². The van der Waals surface area contributed by atoms with Gasteiger partial charge in [0.05, 0.1) is 32.2 Å². The van der Waals surface area contributed by atoms with E-state index >= 15 is 0 Å². The third kappa shape index (κ3) is 3.46. The lowest BCUT2D eigenvalue weighted by molar-refractivity contribution is 0.122. The Morgan fingerprint density at radius 1 is 1.07 bits per heavy atom. The van der Waals surface area contributed by atoms with Gasteiger partial charge in [-0.3, -0.25) is 0 Å². The zero-order chi connectivity index (χ0) is 20.5. The molecule has 1 saturated heterocycles. The second kappa shape index (κ2) is 7.72. The van der Waals surface area contributed by atoms with Crippen LogP contribution >= 0.6 is 0 Å². The molecule has 5 rings (SSSR count). The molecule has 0 atom stereocenters. The van der Waals surface area contributed by atoms with E-state index in [-0.39, 0.29) is 0 Å². The molecule has 0 amide bonds. The predicted molar refractivity (Wildman–Crippen MR) is 114 cm³/mol. The first-order chi connectivity index (χ1) is 14.7. The number of methoxy groups -OCH3 is 1. The van der Waals surface area contributed by atoms with Gasteiger partial charge in [-0.2, -0.15) is 10.1 Å². The zero-order valence-corrected chi connectivity index (χ0v) is 16.9. The topological polar surface area (TPSA) is 78.2 Å². The minimum absolute atomic E-state index is 0.498. The normalized spacial score (nSPS) is 14.3. The lowest BCUT2D eigenvalue weighted by Crippen LogP contribution is -2.37. The SMILES string of the molecule is COc1cnc2c(N3CCOCC3)nc(-n3ccc(-c4cccc(C)c4)n3)nc2c1. The maximum absolute atomic E-state index is 5.50. The van der Waals surface area contributed by atoms with Gasteiger partial charge >= 0.3 is 0 Å². The summed E-state index contributed by atoms with van der Waals surface area (Å²) >= 11 is 0. The first kappa shape index (κ1) is 18.5. The van der Waals surface area contributed by atoms with Crippen LogP contribution in [0.25, 0.3) is 28.2 Å². The van der Waals surface area contributed by atoms with Crippen molar-refractivity contribution in [1.82, 2.24) is 24.7 Å². The molecule has 1 aliphatic rings. The standard InChI is InChI=1S/C22H22N6O2/c1-15-4-3-5-16(12-15)18-6-7-28(26-18)22-24-19-13-17(29-2)14-23-20(19)21(25-22)27-8-10-30-11-9-27/h3-7,12-14H,8-11H2,1-2H3. The Morgan fingerprint density at radius 2 is 1.93 bits per heavy atom. The van der Waals surface area contributed by atoms with Gasteiger partial charge < -0.3 is 14.4 Å². The molecule has 1 aliphatic heterocycles. The van der Waals surface area contributed by atoms with E-state index in [2.05, 4.69) is 35.0 Å². The Balaban J connectivity index is 1.62. The molecule has 0 unspecified atom stereocenters. The molecule has 4 heterocycles. The van der Waals surface area contributed by atoms with Gasteiger partial charge in [0.1, 0.15) is 16.8 Å². The molecule has 0 aliphatic carbocycles. The van der Waals surface area contributed by atoms with Crippen LogP contribution in [0.2, 0.25) is 0 Å². The molecule has 0 spiro atoms. The molecule has 4 aromatic rings. The highest BCUT2D eigenvalue weighted by atomic mass is 16.5. The molecule has 8 heteroatoms. The second-order valence-electron chi connectivity index (χ2n) is 7.20. The summed E-state index contributed by atoms with van der Waals surface area (Å²) in [6, 6.07) is 12.1. The van der Waals surface area contributed by atoms with E-state index in [4.69, 9.17) is 24.5 Å². The molecular formula is C22H22N6O2. The Kier molecular flexibility index (Phi) is 4.76. The van der Waals surface area contributed by atoms with Crippen molar-refractivity contribution in [2.75, 3.05) is 38.3 Å². The summed E-state index contributed by atoms with van der Waals surface area (Å²) in [4.78, 5) is 16.3. The first-order valence-corrected chi connectivity index (χ1v) is 9.89. The van der Waals surface area contributed by atoms with E-state index in [9.17, 15) is 0 Å². The van der Waals surface area contributed by atoms with Crippen LogP contribution in [0, 0.1) is 6.92 Å². The maximum atomic E-state index is 5.50. The molecule has 152 valence electrons. The van der Waals surface area contributed by atoms with Crippen LogP contribution < -0.4 is 9.64 Å². The Bertz CT molecular complexity index is 1200. The van der Waals surface area contributed by atoms with Crippen LogP contribution in [0.15, 0.2) is 48.8 Å². The minimum Gasteiger partial charge on any atom is -0.495 e. The monoisotopic (exact) mass is 402 g/mol. The van der Waals surface area contributed by atoms with Crippen molar-refractivity contribution in [1.29, 1.82) is 0 Å². The number of benzene rings is 1. The number of morpholine rings is 1. The third-order valence-corrected chi connectivity index (χ3v) is 5.13. The zero-order valence-electron chi connectivity index (χ0n) is 16.9. The summed E-state index contributed by atoms with van der Waals surface area (Å²) in [5.74, 6) is 1.94. The highest BCUT2D eigenvalue weighted by Crippen LogP contribution is 2.27. The van der Waals surface area contributed by atoms with Crippen molar-refractivity contribution in [3.05, 3.63) is 54.4 Å². The number of nitrogens with zero attached hydrogens (tertiary/aromatic N) is 6. The van der Waals surface area contributed by atoms with Gasteiger partial charge in [-0.25, -0.2) is 14.6 Å². The molecule has 3 aromatic heterocycles. The number of pyridine rings is 1. The van der Waals surface area contributed by atoms with Crippen molar-refractivity contribution in [3.63, 3.8) is 0 Å². The molecule has 8 nitrogen and oxygen atoms in total. The quantitative estimate of drug-likeness (QED) is 0.519. The second-order valence-corrected chi connectivity index (χ2v) is 7.20. The van der Waals surface area contributed by atoms with Crippen molar-refractivity contribution >= 4 is 16.9 Å². The van der Waals surface area contributed by atoms with Gasteiger partial charge in [0, 0.05) is 30.9 Å². The van der Waals surface area contributed by atoms with Gasteiger partial charge in [-0.15, -0.1) is 0 Å². The summed E-state index contributed by atoms with van der Waals surface area (Å²) in [6.07, 6.45) is 3.58. The third-order valence-electron chi connectivity index (χ3n) is 5.13. The maximum Gasteiger partial charge on any atom is 0.253 e. The number of hydrogen-bond acceptors (Lipinski definition) is 7. The number of fused-ring (bicyclic) bond motifs is 1. The summed E-state index contributed by atoms with van der Waals surface area (Å²) in [6.45, 7) is 4.91. The minimum atomic E-state index is 0.498. The molecule has 30 heavy (non-hydrogen) atoms. The fourth-order valence-electron chi connectivity index (χ4n) is 3.58. The predicted octanol–water partition coefficient (Wildman–Crippen LogP) is 3.03. The summed E-state index contributed by atoms with van der Waals surface area (Å²) in [5, 5.41) is 4.72. The molecule has 1 fully saturated rings. The molecule has 1 aromatic carbocycles. The fourth-order valence-corrected chi connectivity index (χ4v) is 3.58. The smallest absolute Gasteiger partial charge is 0.253 e. The van der Waals surface area contributed by atoms with Gasteiger partial charge in [0.25, 0.3) is 5.95 Å². The molecule has 0 N–H and O–H groups in total. The van der Waals surface area contributed by atoms with E-state index < -0.39 is 0 Å². The van der Waals surface area contributed by atoms with Crippen LogP contribution in [0.3, 0.4) is 0 Å². The number of hydrogen-bond donors (Lipinski definition) is 0.